The third-order valence-corrected chi connectivity index (χ3v) is 3.69. The lowest BCUT2D eigenvalue weighted by atomic mass is 9.77. The van der Waals surface area contributed by atoms with E-state index in [2.05, 4.69) is 12.2 Å². The van der Waals surface area contributed by atoms with Gasteiger partial charge in [0.25, 0.3) is 5.91 Å². The quantitative estimate of drug-likeness (QED) is 0.820. The highest BCUT2D eigenvalue weighted by molar-refractivity contribution is 5.78. The molecule has 1 aliphatic rings. The fourth-order valence-corrected chi connectivity index (χ4v) is 2.26. The van der Waals surface area contributed by atoms with Crippen molar-refractivity contribution in [3.05, 3.63) is 29.8 Å². The smallest absolute Gasteiger partial charge is 0.258 e. The first-order valence-corrected chi connectivity index (χ1v) is 6.81. The van der Waals surface area contributed by atoms with Gasteiger partial charge in [0, 0.05) is 0 Å². The molecule has 1 aromatic carbocycles. The molecule has 2 rings (SSSR count). The maximum absolute atomic E-state index is 11.8. The van der Waals surface area contributed by atoms with Crippen molar-refractivity contribution in [2.45, 2.75) is 38.1 Å². The Morgan fingerprint density at radius 2 is 2.26 bits per heavy atom. The number of amides is 1. The lowest BCUT2D eigenvalue weighted by molar-refractivity contribution is -0.127. The van der Waals surface area contributed by atoms with Crippen LogP contribution in [0.3, 0.4) is 0 Å². The zero-order valence-electron chi connectivity index (χ0n) is 11.3. The van der Waals surface area contributed by atoms with Gasteiger partial charge in [0.15, 0.2) is 6.61 Å². The second-order valence-corrected chi connectivity index (χ2v) is 5.13. The molecule has 0 bridgehead atoms. The van der Waals surface area contributed by atoms with E-state index in [1.165, 1.54) is 5.56 Å². The highest BCUT2D eigenvalue weighted by Gasteiger charge is 2.37. The standard InChI is InChI=1S/C15H21NO3/c1-2-12-5-3-6-13(9-12)19-10-14(18)16-15(11-17)7-4-8-15/h3,5-6,9,17H,2,4,7-8,10-11H2,1H3,(H,16,18). The molecular formula is C15H21NO3. The van der Waals surface area contributed by atoms with Crippen LogP contribution in [0.2, 0.25) is 0 Å². The van der Waals surface area contributed by atoms with Crippen LogP contribution in [0.5, 0.6) is 5.75 Å². The zero-order valence-corrected chi connectivity index (χ0v) is 11.3. The minimum Gasteiger partial charge on any atom is -0.484 e. The van der Waals surface area contributed by atoms with Gasteiger partial charge in [-0.05, 0) is 43.4 Å². The van der Waals surface area contributed by atoms with E-state index in [4.69, 9.17) is 4.74 Å². The van der Waals surface area contributed by atoms with E-state index in [-0.39, 0.29) is 19.1 Å². The van der Waals surface area contributed by atoms with E-state index in [0.717, 1.165) is 25.7 Å². The molecule has 0 saturated heterocycles. The molecule has 1 fully saturated rings. The highest BCUT2D eigenvalue weighted by Crippen LogP contribution is 2.31. The molecule has 1 aromatic rings. The molecule has 4 nitrogen and oxygen atoms in total. The number of hydrogen-bond acceptors (Lipinski definition) is 3. The predicted octanol–water partition coefficient (Wildman–Crippen LogP) is 1.66. The van der Waals surface area contributed by atoms with E-state index in [0.29, 0.717) is 5.75 Å². The lowest BCUT2D eigenvalue weighted by Gasteiger charge is -2.40. The molecule has 1 amide bonds. The van der Waals surface area contributed by atoms with Gasteiger partial charge < -0.3 is 15.2 Å². The average Bonchev–Trinajstić information content (AvgIpc) is 2.41. The van der Waals surface area contributed by atoms with Gasteiger partial charge >= 0.3 is 0 Å². The largest absolute Gasteiger partial charge is 0.484 e. The number of nitrogens with one attached hydrogen (secondary N) is 1. The maximum Gasteiger partial charge on any atom is 0.258 e. The third-order valence-electron chi connectivity index (χ3n) is 3.69. The summed E-state index contributed by atoms with van der Waals surface area (Å²) in [6.07, 6.45) is 3.69. The Labute approximate surface area is 113 Å². The summed E-state index contributed by atoms with van der Waals surface area (Å²) in [5, 5.41) is 12.1. The summed E-state index contributed by atoms with van der Waals surface area (Å²) in [6, 6.07) is 7.74. The van der Waals surface area contributed by atoms with Crippen LogP contribution in [0, 0.1) is 0 Å². The molecule has 1 saturated carbocycles. The molecule has 0 heterocycles. The van der Waals surface area contributed by atoms with Gasteiger partial charge in [-0.2, -0.15) is 0 Å². The number of benzene rings is 1. The Morgan fingerprint density at radius 1 is 1.47 bits per heavy atom. The minimum atomic E-state index is -0.397. The first kappa shape index (κ1) is 13.9. The van der Waals surface area contributed by atoms with Crippen LogP contribution in [0.4, 0.5) is 0 Å². The summed E-state index contributed by atoms with van der Waals surface area (Å²) >= 11 is 0. The molecule has 0 radical (unpaired) electrons. The Morgan fingerprint density at radius 3 is 2.84 bits per heavy atom. The second kappa shape index (κ2) is 6.06. The summed E-state index contributed by atoms with van der Waals surface area (Å²) in [4.78, 5) is 11.8. The van der Waals surface area contributed by atoms with Crippen LogP contribution >= 0.6 is 0 Å². The van der Waals surface area contributed by atoms with E-state index < -0.39 is 5.54 Å². The summed E-state index contributed by atoms with van der Waals surface area (Å²) in [7, 11) is 0. The van der Waals surface area contributed by atoms with E-state index in [9.17, 15) is 9.90 Å². The summed E-state index contributed by atoms with van der Waals surface area (Å²) in [6.45, 7) is 2.08. The molecule has 104 valence electrons. The Bertz CT molecular complexity index is 435. The normalized spacial score (nSPS) is 16.5. The van der Waals surface area contributed by atoms with Gasteiger partial charge in [0.1, 0.15) is 5.75 Å². The van der Waals surface area contributed by atoms with Gasteiger partial charge in [0.05, 0.1) is 12.1 Å². The van der Waals surface area contributed by atoms with E-state index in [1.807, 2.05) is 24.3 Å². The topological polar surface area (TPSA) is 58.6 Å². The Kier molecular flexibility index (Phi) is 4.43. The lowest BCUT2D eigenvalue weighted by Crippen LogP contribution is -2.57. The average molecular weight is 263 g/mol. The number of rotatable bonds is 6. The van der Waals surface area contributed by atoms with Crippen molar-refractivity contribution < 1.29 is 14.6 Å². The molecule has 0 unspecified atom stereocenters. The fourth-order valence-electron chi connectivity index (χ4n) is 2.26. The predicted molar refractivity (Wildman–Crippen MR) is 73.1 cm³/mol. The SMILES string of the molecule is CCc1cccc(OCC(=O)NC2(CO)CCC2)c1. The maximum atomic E-state index is 11.8. The molecule has 0 atom stereocenters. The van der Waals surface area contributed by atoms with Gasteiger partial charge in [-0.3, -0.25) is 4.79 Å². The van der Waals surface area contributed by atoms with Crippen molar-refractivity contribution in [2.75, 3.05) is 13.2 Å². The van der Waals surface area contributed by atoms with Crippen molar-refractivity contribution in [2.24, 2.45) is 0 Å². The van der Waals surface area contributed by atoms with E-state index >= 15 is 0 Å². The van der Waals surface area contributed by atoms with Gasteiger partial charge in [0.2, 0.25) is 0 Å². The third kappa shape index (κ3) is 3.47. The number of ether oxygens (including phenoxy) is 1. The first-order chi connectivity index (χ1) is 9.17. The minimum absolute atomic E-state index is 0.00403. The molecule has 1 aliphatic carbocycles. The monoisotopic (exact) mass is 263 g/mol. The Balaban J connectivity index is 1.82. The molecule has 4 heteroatoms. The second-order valence-electron chi connectivity index (χ2n) is 5.13. The summed E-state index contributed by atoms with van der Waals surface area (Å²) < 4.78 is 5.48. The van der Waals surface area contributed by atoms with Crippen molar-refractivity contribution >= 4 is 5.91 Å². The van der Waals surface area contributed by atoms with Crippen LogP contribution in [-0.4, -0.2) is 29.8 Å². The molecule has 2 N–H and O–H groups in total. The number of carbonyl (C=O) groups is 1. The number of carbonyl (C=O) groups excluding carboxylic acids is 1. The van der Waals surface area contributed by atoms with Crippen LogP contribution in [0.1, 0.15) is 31.7 Å². The van der Waals surface area contributed by atoms with Gasteiger partial charge in [-0.25, -0.2) is 0 Å². The molecule has 0 aliphatic heterocycles. The van der Waals surface area contributed by atoms with Crippen LogP contribution < -0.4 is 10.1 Å². The number of aliphatic hydroxyl groups is 1. The van der Waals surface area contributed by atoms with Crippen molar-refractivity contribution in [1.82, 2.24) is 5.32 Å². The number of hydrogen-bond donors (Lipinski definition) is 2. The molecule has 19 heavy (non-hydrogen) atoms. The van der Waals surface area contributed by atoms with Crippen molar-refractivity contribution in [1.29, 1.82) is 0 Å². The van der Waals surface area contributed by atoms with Crippen LogP contribution in [-0.2, 0) is 11.2 Å². The van der Waals surface area contributed by atoms with E-state index in [1.54, 1.807) is 0 Å². The molecule has 0 spiro atoms. The number of aryl methyl sites for hydroxylation is 1. The van der Waals surface area contributed by atoms with Crippen molar-refractivity contribution in [3.63, 3.8) is 0 Å². The summed E-state index contributed by atoms with van der Waals surface area (Å²) in [5.41, 5.74) is 0.787. The van der Waals surface area contributed by atoms with Crippen LogP contribution in [0.25, 0.3) is 0 Å². The molecule has 0 aromatic heterocycles. The molecular weight excluding hydrogens is 242 g/mol. The highest BCUT2D eigenvalue weighted by atomic mass is 16.5. The summed E-state index contributed by atoms with van der Waals surface area (Å²) in [5.74, 6) is 0.539. The first-order valence-electron chi connectivity index (χ1n) is 6.81. The van der Waals surface area contributed by atoms with Crippen LogP contribution in [0.15, 0.2) is 24.3 Å². The van der Waals surface area contributed by atoms with Gasteiger partial charge in [-0.15, -0.1) is 0 Å². The zero-order chi connectivity index (χ0) is 13.7. The fraction of sp³-hybridized carbons (Fsp3) is 0.533. The Hall–Kier alpha value is -1.55. The number of aliphatic hydroxyl groups excluding tert-OH is 1. The van der Waals surface area contributed by atoms with Crippen molar-refractivity contribution in [3.8, 4) is 5.75 Å². The van der Waals surface area contributed by atoms with Gasteiger partial charge in [-0.1, -0.05) is 19.1 Å².